The lowest BCUT2D eigenvalue weighted by Crippen LogP contribution is -2.38. The second-order valence-electron chi connectivity index (χ2n) is 4.94. The van der Waals surface area contributed by atoms with Crippen molar-refractivity contribution in [3.8, 4) is 0 Å². The van der Waals surface area contributed by atoms with Gasteiger partial charge in [-0.3, -0.25) is 4.79 Å². The quantitative estimate of drug-likeness (QED) is 0.840. The molecule has 4 nitrogen and oxygen atoms in total. The molecule has 0 aliphatic carbocycles. The van der Waals surface area contributed by atoms with Crippen LogP contribution in [0.1, 0.15) is 46.6 Å². The van der Waals surface area contributed by atoms with Gasteiger partial charge in [0.1, 0.15) is 5.01 Å². The van der Waals surface area contributed by atoms with E-state index in [1.807, 2.05) is 17.2 Å². The average molecular weight is 311 g/mol. The maximum Gasteiger partial charge on any atom is 0.290 e. The van der Waals surface area contributed by atoms with Gasteiger partial charge in [-0.25, -0.2) is 4.98 Å². The molecule has 0 saturated carbocycles. The van der Waals surface area contributed by atoms with E-state index in [1.54, 1.807) is 23.5 Å². The fraction of sp³-hybridized carbons (Fsp3) is 0.429. The van der Waals surface area contributed by atoms with Gasteiger partial charge in [-0.05, 0) is 49.9 Å². The topological polar surface area (TPSA) is 46.3 Å². The first-order valence-electron chi connectivity index (χ1n) is 6.63. The number of furan rings is 1. The molecule has 0 radical (unpaired) electrons. The van der Waals surface area contributed by atoms with Crippen LogP contribution in [0.4, 0.5) is 0 Å². The van der Waals surface area contributed by atoms with Crippen LogP contribution in [0.5, 0.6) is 0 Å². The van der Waals surface area contributed by atoms with Crippen molar-refractivity contribution in [3.63, 3.8) is 0 Å². The lowest BCUT2D eigenvalue weighted by atomic mass is 10.0. The van der Waals surface area contributed by atoms with E-state index in [0.29, 0.717) is 5.76 Å². The van der Waals surface area contributed by atoms with E-state index in [1.165, 1.54) is 0 Å². The normalized spacial score (nSPS) is 19.3. The standard InChI is InChI=1S/C14H15ClN2O2S/c1-9-8-20-13(16-9)10-4-2-3-7-17(10)14(18)11-5-6-12(15)19-11/h5-6,8,10H,2-4,7H2,1H3/t10-/m1/s1. The number of nitrogens with zero attached hydrogens (tertiary/aromatic N) is 2. The van der Waals surface area contributed by atoms with E-state index >= 15 is 0 Å². The smallest absolute Gasteiger partial charge is 0.290 e. The van der Waals surface area contributed by atoms with Gasteiger partial charge in [-0.15, -0.1) is 11.3 Å². The van der Waals surface area contributed by atoms with Gasteiger partial charge in [-0.2, -0.15) is 0 Å². The van der Waals surface area contributed by atoms with Crippen LogP contribution in [0.2, 0.25) is 5.22 Å². The van der Waals surface area contributed by atoms with Gasteiger partial charge in [0.2, 0.25) is 0 Å². The van der Waals surface area contributed by atoms with Crippen molar-refractivity contribution in [3.05, 3.63) is 39.2 Å². The Morgan fingerprint density at radius 3 is 3.00 bits per heavy atom. The molecule has 0 spiro atoms. The summed E-state index contributed by atoms with van der Waals surface area (Å²) in [7, 11) is 0. The van der Waals surface area contributed by atoms with Crippen LogP contribution in [0.25, 0.3) is 0 Å². The molecule has 20 heavy (non-hydrogen) atoms. The molecule has 1 amide bonds. The summed E-state index contributed by atoms with van der Waals surface area (Å²) in [5.74, 6) is 0.199. The molecule has 1 aliphatic rings. The molecule has 1 aliphatic heterocycles. The second-order valence-corrected chi connectivity index (χ2v) is 6.20. The van der Waals surface area contributed by atoms with E-state index in [0.717, 1.165) is 36.5 Å². The van der Waals surface area contributed by atoms with E-state index in [2.05, 4.69) is 4.98 Å². The van der Waals surface area contributed by atoms with Crippen molar-refractivity contribution < 1.29 is 9.21 Å². The lowest BCUT2D eigenvalue weighted by Gasteiger charge is -2.33. The maximum absolute atomic E-state index is 12.6. The number of hydrogen-bond acceptors (Lipinski definition) is 4. The van der Waals surface area contributed by atoms with E-state index in [9.17, 15) is 4.79 Å². The number of piperidine rings is 1. The Balaban J connectivity index is 1.87. The molecular formula is C14H15ClN2O2S. The Morgan fingerprint density at radius 2 is 2.35 bits per heavy atom. The van der Waals surface area contributed by atoms with Gasteiger partial charge in [0.15, 0.2) is 11.0 Å². The molecule has 0 aromatic carbocycles. The number of carbonyl (C=O) groups is 1. The molecule has 1 saturated heterocycles. The average Bonchev–Trinajstić information content (AvgIpc) is 3.07. The summed E-state index contributed by atoms with van der Waals surface area (Å²) in [6.45, 7) is 2.71. The van der Waals surface area contributed by atoms with E-state index in [4.69, 9.17) is 16.0 Å². The molecular weight excluding hydrogens is 296 g/mol. The number of aromatic nitrogens is 1. The minimum Gasteiger partial charge on any atom is -0.440 e. The van der Waals surface area contributed by atoms with Crippen LogP contribution in [-0.2, 0) is 0 Å². The van der Waals surface area contributed by atoms with Crippen LogP contribution in [-0.4, -0.2) is 22.3 Å². The highest BCUT2D eigenvalue weighted by Gasteiger charge is 2.31. The van der Waals surface area contributed by atoms with Gasteiger partial charge >= 0.3 is 0 Å². The molecule has 1 fully saturated rings. The molecule has 0 unspecified atom stereocenters. The minimum absolute atomic E-state index is 0.0545. The summed E-state index contributed by atoms with van der Waals surface area (Å²) in [5, 5.41) is 3.27. The molecule has 0 bridgehead atoms. The highest BCUT2D eigenvalue weighted by molar-refractivity contribution is 7.09. The SMILES string of the molecule is Cc1csc([C@H]2CCCCN2C(=O)c2ccc(Cl)o2)n1. The molecule has 3 heterocycles. The number of likely N-dealkylation sites (tertiary alicyclic amines) is 1. The number of carbonyl (C=O) groups excluding carboxylic acids is 1. The zero-order valence-corrected chi connectivity index (χ0v) is 12.7. The molecule has 6 heteroatoms. The molecule has 2 aromatic rings. The first-order chi connectivity index (χ1) is 9.65. The summed E-state index contributed by atoms with van der Waals surface area (Å²) in [4.78, 5) is 18.9. The second kappa shape index (κ2) is 5.58. The first-order valence-corrected chi connectivity index (χ1v) is 7.89. The Hall–Kier alpha value is -1.33. The van der Waals surface area contributed by atoms with Crippen LogP contribution < -0.4 is 0 Å². The van der Waals surface area contributed by atoms with Crippen molar-refractivity contribution in [1.29, 1.82) is 0 Å². The fourth-order valence-electron chi connectivity index (χ4n) is 2.53. The van der Waals surface area contributed by atoms with Gasteiger partial charge in [-0.1, -0.05) is 0 Å². The van der Waals surface area contributed by atoms with Crippen molar-refractivity contribution >= 4 is 28.8 Å². The number of rotatable bonds is 2. The first kappa shape index (κ1) is 13.6. The number of thiazole rings is 1. The van der Waals surface area contributed by atoms with Crippen LogP contribution >= 0.6 is 22.9 Å². The summed E-state index contributed by atoms with van der Waals surface area (Å²) in [6.07, 6.45) is 3.08. The van der Waals surface area contributed by atoms with Crippen LogP contribution in [0.3, 0.4) is 0 Å². The lowest BCUT2D eigenvalue weighted by molar-refractivity contribution is 0.0578. The molecule has 3 rings (SSSR count). The van der Waals surface area contributed by atoms with Crippen LogP contribution in [0.15, 0.2) is 21.9 Å². The van der Waals surface area contributed by atoms with Crippen molar-refractivity contribution in [2.24, 2.45) is 0 Å². The predicted molar refractivity (Wildman–Crippen MR) is 78.2 cm³/mol. The Bertz CT molecular complexity index is 622. The van der Waals surface area contributed by atoms with Crippen LogP contribution in [0, 0.1) is 6.92 Å². The van der Waals surface area contributed by atoms with Crippen molar-refractivity contribution in [2.45, 2.75) is 32.2 Å². The highest BCUT2D eigenvalue weighted by Crippen LogP contribution is 2.34. The molecule has 106 valence electrons. The monoisotopic (exact) mass is 310 g/mol. The molecule has 1 atom stereocenters. The zero-order valence-electron chi connectivity index (χ0n) is 11.1. The minimum atomic E-state index is -0.102. The van der Waals surface area contributed by atoms with Gasteiger partial charge in [0.05, 0.1) is 6.04 Å². The van der Waals surface area contributed by atoms with E-state index in [-0.39, 0.29) is 17.2 Å². The third-order valence-electron chi connectivity index (χ3n) is 3.47. The number of amides is 1. The Kier molecular flexibility index (Phi) is 3.81. The Labute approximate surface area is 126 Å². The summed E-state index contributed by atoms with van der Waals surface area (Å²) in [6, 6.07) is 3.28. The van der Waals surface area contributed by atoms with Gasteiger partial charge < -0.3 is 9.32 Å². The maximum atomic E-state index is 12.6. The fourth-order valence-corrected chi connectivity index (χ4v) is 3.62. The predicted octanol–water partition coefficient (Wildman–Crippen LogP) is 4.07. The molecule has 2 aromatic heterocycles. The van der Waals surface area contributed by atoms with Crippen molar-refractivity contribution in [1.82, 2.24) is 9.88 Å². The number of halogens is 1. The van der Waals surface area contributed by atoms with Gasteiger partial charge in [0.25, 0.3) is 5.91 Å². The third kappa shape index (κ3) is 2.60. The van der Waals surface area contributed by atoms with E-state index < -0.39 is 0 Å². The molecule has 0 N–H and O–H groups in total. The summed E-state index contributed by atoms with van der Waals surface area (Å²) >= 11 is 7.37. The summed E-state index contributed by atoms with van der Waals surface area (Å²) < 4.78 is 5.25. The third-order valence-corrected chi connectivity index (χ3v) is 4.74. The Morgan fingerprint density at radius 1 is 1.50 bits per heavy atom. The number of aryl methyl sites for hydroxylation is 1. The number of hydrogen-bond donors (Lipinski definition) is 0. The summed E-state index contributed by atoms with van der Waals surface area (Å²) in [5.41, 5.74) is 1.00. The highest BCUT2D eigenvalue weighted by atomic mass is 35.5. The largest absolute Gasteiger partial charge is 0.440 e. The van der Waals surface area contributed by atoms with Crippen molar-refractivity contribution in [2.75, 3.05) is 6.54 Å². The zero-order chi connectivity index (χ0) is 14.1. The van der Waals surface area contributed by atoms with Gasteiger partial charge in [0, 0.05) is 17.6 Å².